The van der Waals surface area contributed by atoms with Gasteiger partial charge in [-0.3, -0.25) is 0 Å². The summed E-state index contributed by atoms with van der Waals surface area (Å²) in [4.78, 5) is 1.08. The summed E-state index contributed by atoms with van der Waals surface area (Å²) in [6.45, 7) is 1.97. The third kappa shape index (κ3) is 2.62. The van der Waals surface area contributed by atoms with Gasteiger partial charge in [-0.25, -0.2) is 4.39 Å². The molecule has 1 heterocycles. The lowest BCUT2D eigenvalue weighted by atomic mass is 10.1. The molecule has 2 rings (SSSR count). The van der Waals surface area contributed by atoms with Crippen LogP contribution in [0.2, 0.25) is 4.34 Å². The van der Waals surface area contributed by atoms with Gasteiger partial charge in [-0.1, -0.05) is 23.7 Å². The van der Waals surface area contributed by atoms with Gasteiger partial charge in [0.2, 0.25) is 0 Å². The van der Waals surface area contributed by atoms with E-state index in [1.54, 1.807) is 6.07 Å². The Morgan fingerprint density at radius 2 is 2.17 bits per heavy atom. The summed E-state index contributed by atoms with van der Waals surface area (Å²) in [5, 5.41) is 3.20. The fourth-order valence-corrected chi connectivity index (χ4v) is 3.66. The molecule has 1 aromatic heterocycles. The zero-order chi connectivity index (χ0) is 13.3. The van der Waals surface area contributed by atoms with Crippen LogP contribution in [-0.2, 0) is 0 Å². The second-order valence-electron chi connectivity index (χ2n) is 3.97. The highest BCUT2D eigenvalue weighted by Gasteiger charge is 2.19. The van der Waals surface area contributed by atoms with Crippen LogP contribution in [0.4, 0.5) is 4.39 Å². The molecular formula is C13H12BrClFNS. The van der Waals surface area contributed by atoms with Gasteiger partial charge in [0.15, 0.2) is 0 Å². The lowest BCUT2D eigenvalue weighted by Gasteiger charge is -2.17. The number of nitrogens with one attached hydrogen (secondary N) is 1. The van der Waals surface area contributed by atoms with Gasteiger partial charge >= 0.3 is 0 Å². The van der Waals surface area contributed by atoms with Gasteiger partial charge < -0.3 is 5.32 Å². The maximum atomic E-state index is 13.6. The highest BCUT2D eigenvalue weighted by molar-refractivity contribution is 9.10. The van der Waals surface area contributed by atoms with E-state index >= 15 is 0 Å². The van der Waals surface area contributed by atoms with Crippen molar-refractivity contribution in [3.63, 3.8) is 0 Å². The van der Waals surface area contributed by atoms with Crippen LogP contribution in [0.1, 0.15) is 22.0 Å². The van der Waals surface area contributed by atoms with Crippen molar-refractivity contribution in [2.45, 2.75) is 13.0 Å². The molecule has 0 aliphatic carbocycles. The zero-order valence-corrected chi connectivity index (χ0v) is 13.1. The average Bonchev–Trinajstić information content (AvgIpc) is 2.66. The van der Waals surface area contributed by atoms with Gasteiger partial charge in [0, 0.05) is 4.88 Å². The van der Waals surface area contributed by atoms with Gasteiger partial charge in [-0.15, -0.1) is 11.3 Å². The molecule has 1 nitrogen and oxygen atoms in total. The van der Waals surface area contributed by atoms with E-state index in [1.807, 2.05) is 26.1 Å². The molecule has 0 bridgehead atoms. The van der Waals surface area contributed by atoms with E-state index in [0.29, 0.717) is 4.47 Å². The molecule has 1 atom stereocenters. The zero-order valence-electron chi connectivity index (χ0n) is 9.93. The number of thiophene rings is 1. The molecule has 0 aliphatic rings. The van der Waals surface area contributed by atoms with Crippen molar-refractivity contribution in [3.8, 4) is 0 Å². The Morgan fingerprint density at radius 1 is 1.44 bits per heavy atom. The largest absolute Gasteiger partial charge is 0.309 e. The minimum Gasteiger partial charge on any atom is -0.309 e. The van der Waals surface area contributed by atoms with E-state index in [-0.39, 0.29) is 11.9 Å². The van der Waals surface area contributed by atoms with Crippen molar-refractivity contribution in [2.75, 3.05) is 7.05 Å². The Hall–Kier alpha value is -0.420. The predicted octanol–water partition coefficient (Wildman–Crippen LogP) is 4.92. The first-order valence-electron chi connectivity index (χ1n) is 5.41. The van der Waals surface area contributed by atoms with Gasteiger partial charge in [0.25, 0.3) is 0 Å². The van der Waals surface area contributed by atoms with Crippen LogP contribution in [0.15, 0.2) is 28.7 Å². The minimum atomic E-state index is -0.257. The number of hydrogen-bond donors (Lipinski definition) is 1. The lowest BCUT2D eigenvalue weighted by molar-refractivity contribution is 0.609. The smallest absolute Gasteiger partial charge is 0.137 e. The maximum absolute atomic E-state index is 13.6. The molecule has 0 saturated heterocycles. The first-order chi connectivity index (χ1) is 8.54. The van der Waals surface area contributed by atoms with E-state index in [0.717, 1.165) is 20.3 Å². The molecular weight excluding hydrogens is 337 g/mol. The van der Waals surface area contributed by atoms with E-state index < -0.39 is 0 Å². The number of rotatable bonds is 3. The molecule has 0 amide bonds. The molecule has 2 aromatic rings. The molecule has 0 saturated carbocycles. The topological polar surface area (TPSA) is 12.0 Å². The Bertz CT molecular complexity index is 551. The van der Waals surface area contributed by atoms with Crippen LogP contribution in [0.5, 0.6) is 0 Å². The molecule has 5 heteroatoms. The van der Waals surface area contributed by atoms with Crippen LogP contribution in [0.25, 0.3) is 0 Å². The number of hydrogen-bond acceptors (Lipinski definition) is 2. The summed E-state index contributed by atoms with van der Waals surface area (Å²) < 4.78 is 14.8. The molecule has 1 N–H and O–H groups in total. The lowest BCUT2D eigenvalue weighted by Crippen LogP contribution is -2.17. The van der Waals surface area contributed by atoms with Gasteiger partial charge in [-0.2, -0.15) is 0 Å². The van der Waals surface area contributed by atoms with Gasteiger partial charge in [-0.05, 0) is 53.2 Å². The number of halogens is 3. The highest BCUT2D eigenvalue weighted by Crippen LogP contribution is 2.36. The molecule has 0 spiro atoms. The third-order valence-corrected chi connectivity index (χ3v) is 5.20. The Morgan fingerprint density at radius 3 is 2.72 bits per heavy atom. The van der Waals surface area contributed by atoms with E-state index in [4.69, 9.17) is 11.6 Å². The summed E-state index contributed by atoms with van der Waals surface area (Å²) >= 11 is 10.9. The second-order valence-corrected chi connectivity index (χ2v) is 6.45. The molecule has 1 aromatic carbocycles. The Balaban J connectivity index is 2.48. The Labute approximate surface area is 123 Å². The molecule has 0 fully saturated rings. The van der Waals surface area contributed by atoms with Crippen molar-refractivity contribution in [1.82, 2.24) is 5.32 Å². The molecule has 0 radical (unpaired) electrons. The van der Waals surface area contributed by atoms with Crippen LogP contribution < -0.4 is 5.32 Å². The molecule has 1 unspecified atom stereocenters. The summed E-state index contributed by atoms with van der Waals surface area (Å²) in [5.74, 6) is -0.257. The quantitative estimate of drug-likeness (QED) is 0.830. The monoisotopic (exact) mass is 347 g/mol. The van der Waals surface area contributed by atoms with Crippen LogP contribution >= 0.6 is 38.9 Å². The van der Waals surface area contributed by atoms with Crippen LogP contribution in [0.3, 0.4) is 0 Å². The third-order valence-electron chi connectivity index (χ3n) is 2.74. The first kappa shape index (κ1) is 14.0. The first-order valence-corrected chi connectivity index (χ1v) is 7.40. The fourth-order valence-electron chi connectivity index (χ4n) is 1.82. The van der Waals surface area contributed by atoms with Crippen LogP contribution in [0, 0.1) is 12.7 Å². The maximum Gasteiger partial charge on any atom is 0.137 e. The fraction of sp³-hybridized carbons (Fsp3) is 0.231. The summed E-state index contributed by atoms with van der Waals surface area (Å²) in [7, 11) is 1.85. The van der Waals surface area contributed by atoms with Crippen molar-refractivity contribution >= 4 is 38.9 Å². The van der Waals surface area contributed by atoms with Crippen molar-refractivity contribution in [3.05, 3.63) is 54.9 Å². The highest BCUT2D eigenvalue weighted by atomic mass is 79.9. The second kappa shape index (κ2) is 5.70. The van der Waals surface area contributed by atoms with Crippen molar-refractivity contribution in [1.29, 1.82) is 0 Å². The molecule has 18 heavy (non-hydrogen) atoms. The standard InChI is InChI=1S/C13H12BrClFNS/c1-7-6-10(18-13(7)15)12(17-2)8-4-3-5-9(16)11(8)14/h3-6,12,17H,1-2H3. The SMILES string of the molecule is CNC(c1cc(C)c(Cl)s1)c1cccc(F)c1Br. The van der Waals surface area contributed by atoms with Gasteiger partial charge in [0.1, 0.15) is 5.82 Å². The number of benzene rings is 1. The van der Waals surface area contributed by atoms with E-state index in [2.05, 4.69) is 21.2 Å². The Kier molecular flexibility index (Phi) is 4.43. The summed E-state index contributed by atoms with van der Waals surface area (Å²) in [6.07, 6.45) is 0. The van der Waals surface area contributed by atoms with Crippen LogP contribution in [-0.4, -0.2) is 7.05 Å². The van der Waals surface area contributed by atoms with Crippen molar-refractivity contribution in [2.24, 2.45) is 0 Å². The predicted molar refractivity (Wildman–Crippen MR) is 79.1 cm³/mol. The average molecular weight is 349 g/mol. The number of aryl methyl sites for hydroxylation is 1. The van der Waals surface area contributed by atoms with Crippen molar-refractivity contribution < 1.29 is 4.39 Å². The summed E-state index contributed by atoms with van der Waals surface area (Å²) in [6, 6.07) is 7.02. The minimum absolute atomic E-state index is 0.0636. The van der Waals surface area contributed by atoms with Gasteiger partial charge in [0.05, 0.1) is 14.9 Å². The molecule has 0 aliphatic heterocycles. The summed E-state index contributed by atoms with van der Waals surface area (Å²) in [5.41, 5.74) is 1.92. The molecule has 96 valence electrons. The van der Waals surface area contributed by atoms with E-state index in [1.165, 1.54) is 17.4 Å². The normalized spacial score (nSPS) is 12.7. The van der Waals surface area contributed by atoms with E-state index in [9.17, 15) is 4.39 Å².